The van der Waals surface area contributed by atoms with Gasteiger partial charge >= 0.3 is 0 Å². The van der Waals surface area contributed by atoms with E-state index in [9.17, 15) is 14.9 Å². The van der Waals surface area contributed by atoms with Gasteiger partial charge in [0.25, 0.3) is 11.6 Å². The van der Waals surface area contributed by atoms with Crippen molar-refractivity contribution < 1.29 is 19.6 Å². The molecule has 0 aromatic heterocycles. The molecule has 2 N–H and O–H groups in total. The van der Waals surface area contributed by atoms with Gasteiger partial charge in [-0.15, -0.1) is 0 Å². The summed E-state index contributed by atoms with van der Waals surface area (Å²) in [6.07, 6.45) is 1.11. The number of hydrogen-bond acceptors (Lipinski definition) is 5. The molecule has 1 amide bonds. The van der Waals surface area contributed by atoms with E-state index in [0.29, 0.717) is 30.8 Å². The first-order chi connectivity index (χ1) is 15.1. The number of hydrogen-bond donors (Lipinski definition) is 2. The van der Waals surface area contributed by atoms with Gasteiger partial charge in [-0.05, 0) is 42.2 Å². The molecule has 0 spiro atoms. The molecule has 0 aliphatic heterocycles. The molecule has 3 rings (SSSR count). The summed E-state index contributed by atoms with van der Waals surface area (Å²) >= 11 is 0. The number of aliphatic hydroxyl groups excluding tert-OH is 1. The smallest absolute Gasteiger partial charge is 0.269 e. The lowest BCUT2D eigenvalue weighted by molar-refractivity contribution is -0.384. The average molecular weight is 420 g/mol. The largest absolute Gasteiger partial charge is 0.489 e. The lowest BCUT2D eigenvalue weighted by atomic mass is 10.0. The SMILES string of the molecule is O=C(NCCO)c1cccc(CCc2cc([N+](=O)[O-])ccc2OCc2ccccc2)c1. The average Bonchev–Trinajstić information content (AvgIpc) is 2.80. The highest BCUT2D eigenvalue weighted by Gasteiger charge is 2.13. The minimum atomic E-state index is -0.420. The minimum Gasteiger partial charge on any atom is -0.489 e. The number of amides is 1. The Morgan fingerprint density at radius 2 is 1.74 bits per heavy atom. The first kappa shape index (κ1) is 22.0. The molecule has 0 bridgehead atoms. The highest BCUT2D eigenvalue weighted by molar-refractivity contribution is 5.94. The van der Waals surface area contributed by atoms with Gasteiger partial charge in [0.15, 0.2) is 0 Å². The predicted molar refractivity (Wildman–Crippen MR) is 117 cm³/mol. The quantitative estimate of drug-likeness (QED) is 0.385. The minimum absolute atomic E-state index is 0.0131. The number of non-ortho nitro benzene ring substituents is 1. The summed E-state index contributed by atoms with van der Waals surface area (Å²) in [4.78, 5) is 22.9. The fourth-order valence-electron chi connectivity index (χ4n) is 3.17. The number of rotatable bonds is 10. The predicted octanol–water partition coefficient (Wildman–Crippen LogP) is 3.68. The third-order valence-electron chi connectivity index (χ3n) is 4.76. The fourth-order valence-corrected chi connectivity index (χ4v) is 3.17. The van der Waals surface area contributed by atoms with Crippen molar-refractivity contribution in [3.8, 4) is 5.75 Å². The van der Waals surface area contributed by atoms with Crippen molar-refractivity contribution in [3.05, 3.63) is 105 Å². The standard InChI is InChI=1S/C24H24N2O5/c27-14-13-25-24(28)21-8-4-7-18(15-21)9-10-20-16-22(26(29)30)11-12-23(20)31-17-19-5-2-1-3-6-19/h1-8,11-12,15-16,27H,9-10,13-14,17H2,(H,25,28). The molecule has 7 nitrogen and oxygen atoms in total. The highest BCUT2D eigenvalue weighted by Crippen LogP contribution is 2.26. The van der Waals surface area contributed by atoms with Crippen LogP contribution in [0.4, 0.5) is 5.69 Å². The number of ether oxygens (including phenoxy) is 1. The van der Waals surface area contributed by atoms with Crippen molar-refractivity contribution in [3.63, 3.8) is 0 Å². The Morgan fingerprint density at radius 1 is 0.968 bits per heavy atom. The number of nitro benzene ring substituents is 1. The summed E-state index contributed by atoms with van der Waals surface area (Å²) < 4.78 is 5.94. The molecule has 3 aromatic carbocycles. The van der Waals surface area contributed by atoms with Gasteiger partial charge in [-0.3, -0.25) is 14.9 Å². The third-order valence-corrected chi connectivity index (χ3v) is 4.76. The van der Waals surface area contributed by atoms with Crippen molar-refractivity contribution in [2.24, 2.45) is 0 Å². The molecule has 0 heterocycles. The maximum Gasteiger partial charge on any atom is 0.269 e. The number of nitrogens with one attached hydrogen (secondary N) is 1. The van der Waals surface area contributed by atoms with Gasteiger partial charge in [-0.2, -0.15) is 0 Å². The van der Waals surface area contributed by atoms with Crippen LogP contribution in [0, 0.1) is 10.1 Å². The molecule has 0 aliphatic carbocycles. The second-order valence-electron chi connectivity index (χ2n) is 7.00. The van der Waals surface area contributed by atoms with Crippen LogP contribution in [0.3, 0.4) is 0 Å². The molecule has 160 valence electrons. The second-order valence-corrected chi connectivity index (χ2v) is 7.00. The number of carbonyl (C=O) groups is 1. The molecule has 0 saturated carbocycles. The van der Waals surface area contributed by atoms with Crippen molar-refractivity contribution in [2.75, 3.05) is 13.2 Å². The van der Waals surface area contributed by atoms with E-state index in [2.05, 4.69) is 5.32 Å². The summed E-state index contributed by atoms with van der Waals surface area (Å²) in [5.74, 6) is 0.351. The molecule has 3 aromatic rings. The second kappa shape index (κ2) is 10.9. The summed E-state index contributed by atoms with van der Waals surface area (Å²) in [6.45, 7) is 0.439. The summed E-state index contributed by atoms with van der Waals surface area (Å²) in [5.41, 5.74) is 3.19. The van der Waals surface area contributed by atoms with Gasteiger partial charge in [0.2, 0.25) is 0 Å². The molecule has 7 heteroatoms. The Bertz CT molecular complexity index is 1040. The Kier molecular flexibility index (Phi) is 7.73. The zero-order chi connectivity index (χ0) is 22.1. The summed E-state index contributed by atoms with van der Waals surface area (Å²) in [7, 11) is 0. The Balaban J connectivity index is 1.74. The van der Waals surface area contributed by atoms with Crippen LogP contribution in [-0.2, 0) is 19.4 Å². The zero-order valence-corrected chi connectivity index (χ0v) is 17.0. The molecular formula is C24H24N2O5. The number of benzene rings is 3. The van der Waals surface area contributed by atoms with Gasteiger partial charge in [-0.1, -0.05) is 42.5 Å². The number of carbonyl (C=O) groups excluding carboxylic acids is 1. The monoisotopic (exact) mass is 420 g/mol. The van der Waals surface area contributed by atoms with Crippen LogP contribution in [0.15, 0.2) is 72.8 Å². The maximum atomic E-state index is 12.1. The van der Waals surface area contributed by atoms with Crippen LogP contribution in [0.2, 0.25) is 0 Å². The van der Waals surface area contributed by atoms with Gasteiger partial charge in [0.1, 0.15) is 12.4 Å². The van der Waals surface area contributed by atoms with E-state index < -0.39 is 4.92 Å². The van der Waals surface area contributed by atoms with E-state index in [4.69, 9.17) is 9.84 Å². The fraction of sp³-hybridized carbons (Fsp3) is 0.208. The molecule has 0 fully saturated rings. The molecule has 0 saturated heterocycles. The first-order valence-electron chi connectivity index (χ1n) is 9.99. The van der Waals surface area contributed by atoms with Crippen LogP contribution >= 0.6 is 0 Å². The number of aryl methyl sites for hydroxylation is 2. The van der Waals surface area contributed by atoms with Gasteiger partial charge in [0, 0.05) is 29.8 Å². The molecule has 0 unspecified atom stereocenters. The number of aliphatic hydroxyl groups is 1. The molecule has 0 atom stereocenters. The van der Waals surface area contributed by atoms with Crippen LogP contribution in [-0.4, -0.2) is 29.1 Å². The number of nitro groups is 1. The van der Waals surface area contributed by atoms with Crippen LogP contribution in [0.1, 0.15) is 27.0 Å². The van der Waals surface area contributed by atoms with Crippen molar-refractivity contribution >= 4 is 11.6 Å². The lowest BCUT2D eigenvalue weighted by Gasteiger charge is -2.12. The molecule has 31 heavy (non-hydrogen) atoms. The van der Waals surface area contributed by atoms with E-state index in [1.165, 1.54) is 12.1 Å². The van der Waals surface area contributed by atoms with E-state index in [1.54, 1.807) is 24.3 Å². The van der Waals surface area contributed by atoms with Crippen molar-refractivity contribution in [2.45, 2.75) is 19.4 Å². The Morgan fingerprint density at radius 3 is 2.48 bits per heavy atom. The normalized spacial score (nSPS) is 10.5. The molecule has 0 radical (unpaired) electrons. The van der Waals surface area contributed by atoms with Crippen molar-refractivity contribution in [1.29, 1.82) is 0 Å². The van der Waals surface area contributed by atoms with E-state index in [0.717, 1.165) is 16.7 Å². The van der Waals surface area contributed by atoms with Gasteiger partial charge in [0.05, 0.1) is 11.5 Å². The van der Waals surface area contributed by atoms with Gasteiger partial charge < -0.3 is 15.2 Å². The van der Waals surface area contributed by atoms with E-state index in [-0.39, 0.29) is 24.7 Å². The Hall–Kier alpha value is -3.71. The summed E-state index contributed by atoms with van der Waals surface area (Å²) in [6, 6.07) is 21.5. The van der Waals surface area contributed by atoms with Crippen LogP contribution < -0.4 is 10.1 Å². The van der Waals surface area contributed by atoms with Gasteiger partial charge in [-0.25, -0.2) is 0 Å². The number of nitrogens with zero attached hydrogens (tertiary/aromatic N) is 1. The topological polar surface area (TPSA) is 102 Å². The van der Waals surface area contributed by atoms with Crippen LogP contribution in [0.25, 0.3) is 0 Å². The third kappa shape index (κ3) is 6.38. The van der Waals surface area contributed by atoms with Crippen LogP contribution in [0.5, 0.6) is 5.75 Å². The zero-order valence-electron chi connectivity index (χ0n) is 17.0. The van der Waals surface area contributed by atoms with E-state index >= 15 is 0 Å². The molecule has 0 aliphatic rings. The maximum absolute atomic E-state index is 12.1. The van der Waals surface area contributed by atoms with E-state index in [1.807, 2.05) is 36.4 Å². The first-order valence-corrected chi connectivity index (χ1v) is 9.99. The Labute approximate surface area is 180 Å². The van der Waals surface area contributed by atoms with Crippen molar-refractivity contribution in [1.82, 2.24) is 5.32 Å². The lowest BCUT2D eigenvalue weighted by Crippen LogP contribution is -2.26. The highest BCUT2D eigenvalue weighted by atomic mass is 16.6. The molecular weight excluding hydrogens is 396 g/mol. The summed E-state index contributed by atoms with van der Waals surface area (Å²) in [5, 5.41) is 22.7.